The van der Waals surface area contributed by atoms with Gasteiger partial charge in [-0.3, -0.25) is 9.79 Å². The molecule has 0 aliphatic carbocycles. The number of unbranched alkanes of at least 4 members (excludes halogenated alkanes) is 3. The summed E-state index contributed by atoms with van der Waals surface area (Å²) in [6.07, 6.45) is 5.70. The van der Waals surface area contributed by atoms with E-state index in [1.807, 2.05) is 0 Å². The second-order valence-electron chi connectivity index (χ2n) is 7.41. The van der Waals surface area contributed by atoms with E-state index < -0.39 is 0 Å². The Morgan fingerprint density at radius 2 is 1.96 bits per heavy atom. The number of nitrogens with zero attached hydrogens (tertiary/aromatic N) is 2. The molecule has 0 amide bonds. The van der Waals surface area contributed by atoms with Crippen molar-refractivity contribution in [2.75, 3.05) is 38.2 Å². The van der Waals surface area contributed by atoms with Gasteiger partial charge < -0.3 is 20.3 Å². The van der Waals surface area contributed by atoms with Crippen LogP contribution in [0.1, 0.15) is 51.0 Å². The molecule has 156 valence electrons. The lowest BCUT2D eigenvalue weighted by Gasteiger charge is -2.20. The topological polar surface area (TPSA) is 66.0 Å². The summed E-state index contributed by atoms with van der Waals surface area (Å²) >= 11 is 0. The van der Waals surface area contributed by atoms with E-state index in [4.69, 9.17) is 4.99 Å². The van der Waals surface area contributed by atoms with E-state index in [0.29, 0.717) is 12.5 Å². The van der Waals surface area contributed by atoms with Crippen molar-refractivity contribution >= 4 is 17.6 Å². The smallest absolute Gasteiger partial charge is 0.305 e. The number of anilines is 1. The minimum absolute atomic E-state index is 0.118. The molecule has 6 heteroatoms. The molecule has 6 nitrogen and oxygen atoms in total. The van der Waals surface area contributed by atoms with Crippen molar-refractivity contribution in [3.8, 4) is 0 Å². The molecule has 1 aliphatic heterocycles. The Morgan fingerprint density at radius 1 is 1.21 bits per heavy atom. The lowest BCUT2D eigenvalue weighted by atomic mass is 10.1. The van der Waals surface area contributed by atoms with E-state index in [0.717, 1.165) is 64.2 Å². The number of hydrogen-bond donors (Lipinski definition) is 2. The fourth-order valence-electron chi connectivity index (χ4n) is 3.41. The largest absolute Gasteiger partial charge is 0.469 e. The molecule has 1 unspecified atom stereocenters. The zero-order valence-corrected chi connectivity index (χ0v) is 17.7. The number of aryl methyl sites for hydroxylation is 1. The molecule has 0 bridgehead atoms. The molecular weight excluding hydrogens is 352 g/mol. The maximum Gasteiger partial charge on any atom is 0.305 e. The summed E-state index contributed by atoms with van der Waals surface area (Å²) in [7, 11) is 1.44. The standard InChI is InChI=1S/C22H36N4O2/c1-4-23-22(24-15-8-6-5-7-9-21(27)28-3)25-19-14-16-26(17-19)20-12-10-18(2)11-13-20/h10-13,19H,4-9,14-17H2,1-3H3,(H2,23,24,25). The number of methoxy groups -OCH3 is 1. The monoisotopic (exact) mass is 388 g/mol. The number of carbonyl (C=O) groups excluding carboxylic acids is 1. The van der Waals surface area contributed by atoms with Crippen molar-refractivity contribution in [2.24, 2.45) is 4.99 Å². The van der Waals surface area contributed by atoms with E-state index in [9.17, 15) is 4.79 Å². The Hall–Kier alpha value is -2.24. The van der Waals surface area contributed by atoms with Gasteiger partial charge in [0.1, 0.15) is 0 Å². The van der Waals surface area contributed by atoms with Gasteiger partial charge >= 0.3 is 5.97 Å². The summed E-state index contributed by atoms with van der Waals surface area (Å²) in [6, 6.07) is 9.17. The number of nitrogens with one attached hydrogen (secondary N) is 2. The molecule has 1 aromatic rings. The van der Waals surface area contributed by atoms with Crippen molar-refractivity contribution in [3.05, 3.63) is 29.8 Å². The van der Waals surface area contributed by atoms with E-state index in [1.165, 1.54) is 18.4 Å². The minimum atomic E-state index is -0.118. The second kappa shape index (κ2) is 12.3. The SMILES string of the molecule is CCNC(=NCCCCCCC(=O)OC)NC1CCN(c2ccc(C)cc2)C1. The number of carbonyl (C=O) groups is 1. The van der Waals surface area contributed by atoms with Gasteiger partial charge in [0, 0.05) is 44.3 Å². The zero-order chi connectivity index (χ0) is 20.2. The normalized spacial score (nSPS) is 16.9. The third-order valence-electron chi connectivity index (χ3n) is 5.06. The van der Waals surface area contributed by atoms with E-state index in [2.05, 4.69) is 58.4 Å². The number of esters is 1. The molecule has 1 aromatic carbocycles. The molecule has 2 rings (SSSR count). The maximum atomic E-state index is 11.1. The van der Waals surface area contributed by atoms with Gasteiger partial charge in [-0.2, -0.15) is 0 Å². The Bertz CT molecular complexity index is 615. The Morgan fingerprint density at radius 3 is 2.68 bits per heavy atom. The summed E-state index contributed by atoms with van der Waals surface area (Å²) in [6.45, 7) is 7.95. The first kappa shape index (κ1) is 22.1. The minimum Gasteiger partial charge on any atom is -0.469 e. The molecule has 1 aliphatic rings. The van der Waals surface area contributed by atoms with Crippen LogP contribution in [0.25, 0.3) is 0 Å². The van der Waals surface area contributed by atoms with E-state index in [-0.39, 0.29) is 5.97 Å². The summed E-state index contributed by atoms with van der Waals surface area (Å²) < 4.78 is 4.66. The number of benzene rings is 1. The third-order valence-corrected chi connectivity index (χ3v) is 5.06. The van der Waals surface area contributed by atoms with Crippen LogP contribution in [0.3, 0.4) is 0 Å². The Kier molecular flexibility index (Phi) is 9.66. The van der Waals surface area contributed by atoms with Crippen LogP contribution in [0.5, 0.6) is 0 Å². The lowest BCUT2D eigenvalue weighted by molar-refractivity contribution is -0.140. The van der Waals surface area contributed by atoms with Crippen LogP contribution in [0, 0.1) is 6.92 Å². The van der Waals surface area contributed by atoms with Crippen LogP contribution in [-0.2, 0) is 9.53 Å². The van der Waals surface area contributed by atoms with Gasteiger partial charge in [-0.1, -0.05) is 30.5 Å². The molecule has 0 spiro atoms. The molecule has 1 atom stereocenters. The fraction of sp³-hybridized carbons (Fsp3) is 0.636. The molecule has 1 saturated heterocycles. The van der Waals surface area contributed by atoms with Crippen LogP contribution < -0.4 is 15.5 Å². The van der Waals surface area contributed by atoms with Gasteiger partial charge in [-0.25, -0.2) is 0 Å². The molecule has 0 saturated carbocycles. The average molecular weight is 389 g/mol. The third kappa shape index (κ3) is 7.79. The van der Waals surface area contributed by atoms with E-state index in [1.54, 1.807) is 0 Å². The van der Waals surface area contributed by atoms with Crippen molar-refractivity contribution in [3.63, 3.8) is 0 Å². The molecule has 1 fully saturated rings. The average Bonchev–Trinajstić information content (AvgIpc) is 3.16. The predicted octanol–water partition coefficient (Wildman–Crippen LogP) is 3.25. The van der Waals surface area contributed by atoms with Crippen molar-refractivity contribution in [2.45, 2.75) is 58.4 Å². The van der Waals surface area contributed by atoms with Gasteiger partial charge in [0.15, 0.2) is 5.96 Å². The number of ether oxygens (including phenoxy) is 1. The molecule has 0 aromatic heterocycles. The van der Waals surface area contributed by atoms with Crippen molar-refractivity contribution < 1.29 is 9.53 Å². The highest BCUT2D eigenvalue weighted by Crippen LogP contribution is 2.20. The molecule has 0 radical (unpaired) electrons. The van der Waals surface area contributed by atoms with Crippen LogP contribution in [0.2, 0.25) is 0 Å². The number of hydrogen-bond acceptors (Lipinski definition) is 4. The first-order valence-corrected chi connectivity index (χ1v) is 10.6. The zero-order valence-electron chi connectivity index (χ0n) is 17.7. The molecule has 1 heterocycles. The Labute approximate surface area is 169 Å². The summed E-state index contributed by atoms with van der Waals surface area (Å²) in [5.74, 6) is 0.792. The van der Waals surface area contributed by atoms with Gasteiger partial charge in [0.25, 0.3) is 0 Å². The van der Waals surface area contributed by atoms with E-state index >= 15 is 0 Å². The maximum absolute atomic E-state index is 11.1. The first-order chi connectivity index (χ1) is 13.6. The fourth-order valence-corrected chi connectivity index (χ4v) is 3.41. The lowest BCUT2D eigenvalue weighted by Crippen LogP contribution is -2.44. The predicted molar refractivity (Wildman–Crippen MR) is 116 cm³/mol. The second-order valence-corrected chi connectivity index (χ2v) is 7.41. The highest BCUT2D eigenvalue weighted by Gasteiger charge is 2.23. The number of rotatable bonds is 10. The van der Waals surface area contributed by atoms with Crippen LogP contribution >= 0.6 is 0 Å². The van der Waals surface area contributed by atoms with Crippen LogP contribution in [0.4, 0.5) is 5.69 Å². The summed E-state index contributed by atoms with van der Waals surface area (Å²) in [5, 5.41) is 6.94. The molecular formula is C22H36N4O2. The first-order valence-electron chi connectivity index (χ1n) is 10.6. The molecule has 28 heavy (non-hydrogen) atoms. The summed E-state index contributed by atoms with van der Waals surface area (Å²) in [4.78, 5) is 18.2. The number of aliphatic imine (C=N–C) groups is 1. The van der Waals surface area contributed by atoms with Crippen molar-refractivity contribution in [1.29, 1.82) is 0 Å². The molecule has 2 N–H and O–H groups in total. The highest BCUT2D eigenvalue weighted by atomic mass is 16.5. The highest BCUT2D eigenvalue weighted by molar-refractivity contribution is 5.80. The number of guanidine groups is 1. The van der Waals surface area contributed by atoms with Crippen molar-refractivity contribution in [1.82, 2.24) is 10.6 Å². The quantitative estimate of drug-likeness (QED) is 0.279. The summed E-state index contributed by atoms with van der Waals surface area (Å²) in [5.41, 5.74) is 2.59. The Balaban J connectivity index is 1.70. The van der Waals surface area contributed by atoms with Crippen LogP contribution in [-0.4, -0.2) is 51.3 Å². The van der Waals surface area contributed by atoms with Gasteiger partial charge in [0.05, 0.1) is 7.11 Å². The van der Waals surface area contributed by atoms with Gasteiger partial charge in [0.2, 0.25) is 0 Å². The van der Waals surface area contributed by atoms with Gasteiger partial charge in [-0.05, 0) is 45.2 Å². The van der Waals surface area contributed by atoms with Gasteiger partial charge in [-0.15, -0.1) is 0 Å². The van der Waals surface area contributed by atoms with Crippen LogP contribution in [0.15, 0.2) is 29.3 Å².